The summed E-state index contributed by atoms with van der Waals surface area (Å²) in [5.41, 5.74) is 40.3. The van der Waals surface area contributed by atoms with Gasteiger partial charge in [-0.2, -0.15) is 0 Å². The van der Waals surface area contributed by atoms with Gasteiger partial charge < -0.3 is 92.7 Å². The predicted octanol–water partition coefficient (Wildman–Crippen LogP) is -6.46. The molecule has 6 atom stereocenters. The number of guanidine groups is 3. The molecule has 0 saturated carbocycles. The molecular weight excluding hydrogens is 949 g/mol. The number of nitro benzene ring substituents is 2. The lowest BCUT2D eigenvalue weighted by Gasteiger charge is -2.31. The van der Waals surface area contributed by atoms with Crippen molar-refractivity contribution in [3.05, 3.63) is 104 Å². The summed E-state index contributed by atoms with van der Waals surface area (Å²) in [7, 11) is 0. The van der Waals surface area contributed by atoms with Crippen molar-refractivity contribution in [2.75, 3.05) is 4.90 Å². The number of anilines is 1. The van der Waals surface area contributed by atoms with Gasteiger partial charge in [0.25, 0.3) is 35.2 Å². The summed E-state index contributed by atoms with van der Waals surface area (Å²) < 4.78 is 0. The molecule has 0 aromatic heterocycles. The van der Waals surface area contributed by atoms with Crippen LogP contribution >= 0.6 is 0 Å². The maximum absolute atomic E-state index is 14.2. The Bertz CT molecular complexity index is 2680. The number of phenolic OH excluding ortho intramolecular Hbond substituents is 1. The monoisotopic (exact) mass is 994 g/mol. The number of hydrogen-bond donors (Lipinski definition) is 16. The molecule has 6 amide bonds. The summed E-state index contributed by atoms with van der Waals surface area (Å²) >= 11 is 0. The molecule has 0 spiro atoms. The molecule has 0 saturated heterocycles. The van der Waals surface area contributed by atoms with E-state index in [-0.39, 0.29) is 17.0 Å². The van der Waals surface area contributed by atoms with Gasteiger partial charge in [0.05, 0.1) is 26.9 Å². The summed E-state index contributed by atoms with van der Waals surface area (Å²) in [6.07, 6.45) is -10.9. The van der Waals surface area contributed by atoms with Crippen LogP contribution in [-0.4, -0.2) is 121 Å². The number of carbonyl (C=O) groups excluding carboxylic acids is 6. The molecule has 3 rings (SSSR count). The number of nitrogens with two attached hydrogens (primary N) is 8. The minimum absolute atomic E-state index is 0.0621. The summed E-state index contributed by atoms with van der Waals surface area (Å²) in [4.78, 5) is 129. The smallest absolute Gasteiger partial charge is 0.338 e. The quantitative estimate of drug-likeness (QED) is 0.0138. The fraction of sp³-hybridized carbons (Fsp3) is 0.216. The van der Waals surface area contributed by atoms with E-state index in [1.165, 1.54) is 37.3 Å². The lowest BCUT2D eigenvalue weighted by atomic mass is 10.1. The zero-order valence-corrected chi connectivity index (χ0v) is 36.6. The van der Waals surface area contributed by atoms with Gasteiger partial charge in [0.1, 0.15) is 6.04 Å². The van der Waals surface area contributed by atoms with Crippen LogP contribution in [0.4, 0.5) is 17.1 Å². The van der Waals surface area contributed by atoms with Crippen LogP contribution in [0, 0.1) is 20.2 Å². The molecule has 378 valence electrons. The number of aliphatic hydroxyl groups excluding tert-OH is 1. The van der Waals surface area contributed by atoms with E-state index in [0.717, 1.165) is 30.3 Å². The largest absolute Gasteiger partial charge is 0.502 e. The average Bonchev–Trinajstić information content (AvgIpc) is 3.28. The molecule has 34 nitrogen and oxygen atoms in total. The molecule has 34 heteroatoms. The second-order valence-electron chi connectivity index (χ2n) is 14.2. The lowest BCUT2D eigenvalue weighted by molar-refractivity contribution is -0.385. The van der Waals surface area contributed by atoms with Gasteiger partial charge >= 0.3 is 11.7 Å². The van der Waals surface area contributed by atoms with Crippen LogP contribution in [0.1, 0.15) is 34.5 Å². The number of benzene rings is 3. The van der Waals surface area contributed by atoms with Crippen LogP contribution in [0.5, 0.6) is 5.75 Å². The number of aromatic carboxylic acids is 1. The number of primary amides is 1. The van der Waals surface area contributed by atoms with Gasteiger partial charge in [-0.25, -0.2) is 24.8 Å². The number of amidine groups is 1. The van der Waals surface area contributed by atoms with Crippen LogP contribution in [0.15, 0.2) is 86.7 Å². The Morgan fingerprint density at radius 1 is 0.634 bits per heavy atom. The zero-order chi connectivity index (χ0) is 53.4. The number of nitrogens with zero attached hydrogens (tertiary/aromatic N) is 7. The molecule has 0 fully saturated rings. The van der Waals surface area contributed by atoms with Gasteiger partial charge in [0.15, 0.2) is 23.6 Å². The molecule has 0 radical (unpaired) electrons. The standard InChI is InChI=1S/C37H46N20O14/c1-14(38)46-25(29(61)48-24(23(39)59)52-35(40)41)50-31(63)27(54-37(44)45)51-30(62)26(53-36(42)43)49-28(60)22(16-5-3-2-4-6-16)47-32(64)33(65)55(13-15-7-10-21(58)20(11-15)57(70)71)19-9-8-17(56(68)69)12-18(19)34(66)67/h2-12,22,24-27,33,58,65H,13H2,1H3,(H2,38,46)(H2,39,59)(H,47,64)(H,48,61)(H,49,60)(H,50,63)(H,51,62)(H,66,67)(H4,40,41,52)(H4,42,43,53)(H4,44,45,54). The van der Waals surface area contributed by atoms with Crippen molar-refractivity contribution >= 4 is 82.2 Å². The molecule has 71 heavy (non-hydrogen) atoms. The van der Waals surface area contributed by atoms with Crippen LogP contribution in [-0.2, 0) is 35.3 Å². The third-order valence-corrected chi connectivity index (χ3v) is 8.83. The van der Waals surface area contributed by atoms with Crippen LogP contribution < -0.4 is 77.4 Å². The number of carboxylic acid groups (broad SMARTS) is 1. The summed E-state index contributed by atoms with van der Waals surface area (Å²) in [6.45, 7) is 0.429. The summed E-state index contributed by atoms with van der Waals surface area (Å²) in [5.74, 6) is -13.5. The molecule has 0 aliphatic rings. The number of rotatable bonds is 23. The van der Waals surface area contributed by atoms with Gasteiger partial charge in [-0.1, -0.05) is 36.4 Å². The van der Waals surface area contributed by atoms with E-state index in [0.29, 0.717) is 11.0 Å². The van der Waals surface area contributed by atoms with E-state index < -0.39 is 141 Å². The number of carboxylic acids is 1. The number of aliphatic hydroxyl groups is 1. The van der Waals surface area contributed by atoms with Gasteiger partial charge in [0, 0.05) is 24.7 Å². The van der Waals surface area contributed by atoms with Crippen molar-refractivity contribution in [2.24, 2.45) is 65.8 Å². The Kier molecular flexibility index (Phi) is 18.9. The molecule has 0 aliphatic heterocycles. The third kappa shape index (κ3) is 15.9. The Morgan fingerprint density at radius 2 is 1.13 bits per heavy atom. The molecule has 0 bridgehead atoms. The second kappa shape index (κ2) is 24.4. The lowest BCUT2D eigenvalue weighted by Crippen LogP contribution is -2.58. The van der Waals surface area contributed by atoms with Crippen molar-refractivity contribution in [1.82, 2.24) is 26.6 Å². The first-order chi connectivity index (χ1) is 33.2. The number of aliphatic imine (C=N–C) groups is 4. The van der Waals surface area contributed by atoms with E-state index in [1.54, 1.807) is 0 Å². The Hall–Kier alpha value is -10.4. The van der Waals surface area contributed by atoms with Gasteiger partial charge in [-0.05, 0) is 30.2 Å². The first-order valence-corrected chi connectivity index (χ1v) is 19.6. The molecule has 3 aromatic rings. The SMILES string of the molecule is CC(N)=NC(NC(=O)C(N=C(N)N)NC(=O)C(N=C(N)N)NC(=O)C(NC(=O)C(O)N(Cc1ccc(O)c([N+](=O)[O-])c1)c1ccc([N+](=O)[O-])cc1C(=O)O)c1ccccc1)C(=O)NC(N=C(N)N)C(N)=O. The second-order valence-corrected chi connectivity index (χ2v) is 14.2. The van der Waals surface area contributed by atoms with Crippen molar-refractivity contribution in [3.63, 3.8) is 0 Å². The number of phenols is 1. The van der Waals surface area contributed by atoms with Crippen molar-refractivity contribution < 1.29 is 58.7 Å². The van der Waals surface area contributed by atoms with E-state index in [4.69, 9.17) is 45.9 Å². The van der Waals surface area contributed by atoms with Crippen LogP contribution in [0.2, 0.25) is 0 Å². The highest BCUT2D eigenvalue weighted by molar-refractivity contribution is 6.00. The predicted molar refractivity (Wildman–Crippen MR) is 246 cm³/mol. The minimum atomic E-state index is -2.55. The van der Waals surface area contributed by atoms with Crippen LogP contribution in [0.3, 0.4) is 0 Å². The fourth-order valence-corrected chi connectivity index (χ4v) is 5.82. The first kappa shape index (κ1) is 54.9. The molecular formula is C37H46N20O14. The number of non-ortho nitro benzene ring substituents is 1. The highest BCUT2D eigenvalue weighted by Gasteiger charge is 2.36. The Morgan fingerprint density at radius 3 is 1.59 bits per heavy atom. The van der Waals surface area contributed by atoms with E-state index in [2.05, 4.69) is 30.6 Å². The van der Waals surface area contributed by atoms with Gasteiger partial charge in [-0.3, -0.25) is 49.0 Å². The van der Waals surface area contributed by atoms with E-state index in [1.807, 2.05) is 16.0 Å². The maximum Gasteiger partial charge on any atom is 0.338 e. The molecule has 24 N–H and O–H groups in total. The normalized spacial score (nSPS) is 13.4. The third-order valence-electron chi connectivity index (χ3n) is 8.83. The van der Waals surface area contributed by atoms with Gasteiger partial charge in [0.2, 0.25) is 36.8 Å². The van der Waals surface area contributed by atoms with Crippen molar-refractivity contribution in [3.8, 4) is 5.75 Å². The number of aromatic hydroxyl groups is 1. The molecule has 6 unspecified atom stereocenters. The zero-order valence-electron chi connectivity index (χ0n) is 36.6. The topological polar surface area (TPSA) is 587 Å². The summed E-state index contributed by atoms with van der Waals surface area (Å²) in [6, 6.07) is 10.1. The maximum atomic E-state index is 14.2. The average molecular weight is 995 g/mol. The van der Waals surface area contributed by atoms with Gasteiger partial charge in [-0.15, -0.1) is 0 Å². The molecule has 3 aromatic carbocycles. The highest BCUT2D eigenvalue weighted by Crippen LogP contribution is 2.31. The Balaban J connectivity index is 2.05. The fourth-order valence-electron chi connectivity index (χ4n) is 5.82. The number of hydrogen-bond acceptors (Lipinski definition) is 18. The van der Waals surface area contributed by atoms with Crippen molar-refractivity contribution in [1.29, 1.82) is 0 Å². The molecule has 0 aliphatic carbocycles. The minimum Gasteiger partial charge on any atom is -0.502 e. The number of nitrogens with one attached hydrogen (secondary N) is 5. The summed E-state index contributed by atoms with van der Waals surface area (Å²) in [5, 5.41) is 65.3. The number of amides is 6. The van der Waals surface area contributed by atoms with E-state index in [9.17, 15) is 69.1 Å². The van der Waals surface area contributed by atoms with Crippen molar-refractivity contribution in [2.45, 2.75) is 50.4 Å². The van der Waals surface area contributed by atoms with E-state index >= 15 is 0 Å². The Labute approximate surface area is 397 Å². The number of carbonyl (C=O) groups is 7. The van der Waals surface area contributed by atoms with Crippen LogP contribution in [0.25, 0.3) is 0 Å². The first-order valence-electron chi connectivity index (χ1n) is 19.6. The number of nitro groups is 2. The molecule has 0 heterocycles. The highest BCUT2D eigenvalue weighted by atomic mass is 16.6.